The van der Waals surface area contributed by atoms with Crippen LogP contribution in [0.1, 0.15) is 60.8 Å². The molecule has 2 aliphatic heterocycles. The molecule has 0 aromatic rings. The smallest absolute Gasteiger partial charge is 0.417 e. The summed E-state index contributed by atoms with van der Waals surface area (Å²) in [5.74, 6) is -1.48. The van der Waals surface area contributed by atoms with Crippen molar-refractivity contribution in [3.8, 4) is 0 Å². The first-order valence-electron chi connectivity index (χ1n) is 10.4. The van der Waals surface area contributed by atoms with Crippen LogP contribution in [0.15, 0.2) is 0 Å². The number of carbonyl (C=O) groups is 3. The van der Waals surface area contributed by atoms with Crippen LogP contribution in [0, 0.1) is 5.92 Å². The van der Waals surface area contributed by atoms with Gasteiger partial charge in [-0.25, -0.2) is 14.5 Å². The fraction of sp³-hybridized carbons (Fsp3) is 0.850. The number of ether oxygens (including phenoxy) is 2. The van der Waals surface area contributed by atoms with Gasteiger partial charge in [0, 0.05) is 13.1 Å². The zero-order valence-electron chi connectivity index (χ0n) is 19.3. The topological polar surface area (TPSA) is 120 Å². The highest BCUT2D eigenvalue weighted by Gasteiger charge is 2.49. The number of hydrogen-bond donors (Lipinski definition) is 0. The van der Waals surface area contributed by atoms with E-state index in [2.05, 4.69) is 0 Å². The SMILES string of the molecule is CC(C)(C)OC(=O)N1CCC(C(OS(C)(=O)=O)[C@@H]2CCCN2C(=O)OC(C)(C)C)C1=O. The molecule has 11 heteroatoms. The summed E-state index contributed by atoms with van der Waals surface area (Å²) in [6.45, 7) is 10.7. The number of nitrogens with zero attached hydrogens (tertiary/aromatic N) is 2. The minimum atomic E-state index is -3.94. The number of imide groups is 1. The zero-order valence-corrected chi connectivity index (χ0v) is 20.2. The molecule has 2 aliphatic rings. The molecule has 3 amide bonds. The van der Waals surface area contributed by atoms with E-state index in [0.717, 1.165) is 11.2 Å². The van der Waals surface area contributed by atoms with E-state index >= 15 is 0 Å². The number of rotatable bonds is 4. The lowest BCUT2D eigenvalue weighted by Crippen LogP contribution is -2.51. The van der Waals surface area contributed by atoms with Crippen molar-refractivity contribution in [1.29, 1.82) is 0 Å². The van der Waals surface area contributed by atoms with E-state index in [9.17, 15) is 22.8 Å². The number of carbonyl (C=O) groups excluding carboxylic acids is 3. The summed E-state index contributed by atoms with van der Waals surface area (Å²) < 4.78 is 40.1. The summed E-state index contributed by atoms with van der Waals surface area (Å²) in [4.78, 5) is 40.5. The van der Waals surface area contributed by atoms with Crippen LogP contribution in [0.4, 0.5) is 9.59 Å². The van der Waals surface area contributed by atoms with Gasteiger partial charge in [-0.2, -0.15) is 8.42 Å². The maximum absolute atomic E-state index is 13.0. The summed E-state index contributed by atoms with van der Waals surface area (Å²) in [6.07, 6.45) is -0.320. The lowest BCUT2D eigenvalue weighted by Gasteiger charge is -2.34. The Labute approximate surface area is 184 Å². The molecule has 3 atom stereocenters. The van der Waals surface area contributed by atoms with Crippen molar-refractivity contribution in [2.24, 2.45) is 5.92 Å². The minimum Gasteiger partial charge on any atom is -0.444 e. The maximum atomic E-state index is 13.0. The second-order valence-corrected chi connectivity index (χ2v) is 11.6. The first-order chi connectivity index (χ1) is 14.0. The molecule has 0 aliphatic carbocycles. The van der Waals surface area contributed by atoms with E-state index in [0.29, 0.717) is 19.4 Å². The first-order valence-corrected chi connectivity index (χ1v) is 12.2. The van der Waals surface area contributed by atoms with Crippen LogP contribution in [0.25, 0.3) is 0 Å². The molecule has 2 unspecified atom stereocenters. The van der Waals surface area contributed by atoms with Gasteiger partial charge in [0.1, 0.15) is 17.3 Å². The van der Waals surface area contributed by atoms with Crippen molar-refractivity contribution in [3.63, 3.8) is 0 Å². The largest absolute Gasteiger partial charge is 0.444 e. The zero-order chi connectivity index (χ0) is 23.8. The first kappa shape index (κ1) is 25.4. The highest BCUT2D eigenvalue weighted by atomic mass is 32.2. The number of hydrogen-bond acceptors (Lipinski definition) is 8. The van der Waals surface area contributed by atoms with E-state index in [1.807, 2.05) is 0 Å². The van der Waals surface area contributed by atoms with Gasteiger partial charge >= 0.3 is 12.2 Å². The molecule has 0 bridgehead atoms. The van der Waals surface area contributed by atoms with Gasteiger partial charge < -0.3 is 14.4 Å². The van der Waals surface area contributed by atoms with Crippen molar-refractivity contribution in [2.45, 2.75) is 84.2 Å². The molecular formula is C20H34N2O8S. The van der Waals surface area contributed by atoms with E-state index in [-0.39, 0.29) is 13.0 Å². The Bertz CT molecular complexity index is 812. The molecule has 2 saturated heterocycles. The molecular weight excluding hydrogens is 428 g/mol. The molecule has 2 heterocycles. The average molecular weight is 463 g/mol. The number of amides is 3. The normalized spacial score (nSPS) is 23.8. The van der Waals surface area contributed by atoms with Gasteiger partial charge in [0.2, 0.25) is 5.91 Å². The van der Waals surface area contributed by atoms with E-state index in [4.69, 9.17) is 13.7 Å². The lowest BCUT2D eigenvalue weighted by molar-refractivity contribution is -0.133. The molecule has 0 aromatic heterocycles. The Hall–Kier alpha value is -1.88. The Kier molecular flexibility index (Phi) is 7.31. The van der Waals surface area contributed by atoms with E-state index in [1.54, 1.807) is 41.5 Å². The molecule has 2 fully saturated rings. The third-order valence-corrected chi connectivity index (χ3v) is 5.42. The Balaban J connectivity index is 2.27. The van der Waals surface area contributed by atoms with E-state index in [1.165, 1.54) is 4.90 Å². The van der Waals surface area contributed by atoms with Gasteiger partial charge in [0.05, 0.1) is 18.2 Å². The molecule has 0 radical (unpaired) electrons. The maximum Gasteiger partial charge on any atom is 0.417 e. The highest BCUT2D eigenvalue weighted by molar-refractivity contribution is 7.86. The lowest BCUT2D eigenvalue weighted by atomic mass is 9.93. The molecule has 31 heavy (non-hydrogen) atoms. The summed E-state index contributed by atoms with van der Waals surface area (Å²) in [5.41, 5.74) is -1.51. The van der Waals surface area contributed by atoms with E-state index < -0.39 is 57.5 Å². The van der Waals surface area contributed by atoms with Crippen LogP contribution in [0.2, 0.25) is 0 Å². The highest BCUT2D eigenvalue weighted by Crippen LogP contribution is 2.34. The van der Waals surface area contributed by atoms with Crippen molar-refractivity contribution in [1.82, 2.24) is 9.80 Å². The second kappa shape index (κ2) is 8.93. The van der Waals surface area contributed by atoms with Gasteiger partial charge in [0.15, 0.2) is 0 Å². The fourth-order valence-corrected chi connectivity index (χ4v) is 4.45. The Morgan fingerprint density at radius 3 is 2.03 bits per heavy atom. The van der Waals surface area contributed by atoms with Crippen LogP contribution in [0.3, 0.4) is 0 Å². The predicted octanol–water partition coefficient (Wildman–Crippen LogP) is 2.51. The standard InChI is InChI=1S/C20H34N2O8S/c1-19(2,3)28-17(24)21-11-8-9-14(21)15(30-31(7,26)27)13-10-12-22(16(13)23)18(25)29-20(4,5)6/h13-15H,8-12H2,1-7H3/t13?,14-,15?/m0/s1. The van der Waals surface area contributed by atoms with Gasteiger partial charge in [-0.05, 0) is 60.8 Å². The summed E-state index contributed by atoms with van der Waals surface area (Å²) in [7, 11) is -3.94. The summed E-state index contributed by atoms with van der Waals surface area (Å²) in [6, 6.07) is -0.669. The van der Waals surface area contributed by atoms with Crippen LogP contribution in [0.5, 0.6) is 0 Å². The summed E-state index contributed by atoms with van der Waals surface area (Å²) >= 11 is 0. The van der Waals surface area contributed by atoms with Crippen molar-refractivity contribution < 1.29 is 36.5 Å². The quantitative estimate of drug-likeness (QED) is 0.585. The third-order valence-electron chi connectivity index (χ3n) is 4.85. The second-order valence-electron chi connectivity index (χ2n) is 10.0. The Morgan fingerprint density at radius 2 is 1.52 bits per heavy atom. The molecule has 0 N–H and O–H groups in total. The van der Waals surface area contributed by atoms with Gasteiger partial charge in [-0.1, -0.05) is 0 Å². The molecule has 10 nitrogen and oxygen atoms in total. The van der Waals surface area contributed by atoms with Crippen molar-refractivity contribution in [3.05, 3.63) is 0 Å². The molecule has 178 valence electrons. The van der Waals surface area contributed by atoms with Crippen molar-refractivity contribution in [2.75, 3.05) is 19.3 Å². The molecule has 0 saturated carbocycles. The van der Waals surface area contributed by atoms with Crippen molar-refractivity contribution >= 4 is 28.2 Å². The van der Waals surface area contributed by atoms with Crippen LogP contribution < -0.4 is 0 Å². The average Bonchev–Trinajstić information content (AvgIpc) is 3.15. The van der Waals surface area contributed by atoms with Crippen LogP contribution in [-0.2, 0) is 28.6 Å². The summed E-state index contributed by atoms with van der Waals surface area (Å²) in [5, 5.41) is 0. The number of likely N-dealkylation sites (tertiary alicyclic amines) is 2. The molecule has 0 spiro atoms. The van der Waals surface area contributed by atoms with Crippen LogP contribution in [-0.4, -0.2) is 79.0 Å². The predicted molar refractivity (Wildman–Crippen MR) is 112 cm³/mol. The Morgan fingerprint density at radius 1 is 0.968 bits per heavy atom. The van der Waals surface area contributed by atoms with Gasteiger partial charge in [-0.15, -0.1) is 0 Å². The van der Waals surface area contributed by atoms with Gasteiger partial charge in [-0.3, -0.25) is 8.98 Å². The molecule has 0 aromatic carbocycles. The monoisotopic (exact) mass is 462 g/mol. The molecule has 2 rings (SSSR count). The van der Waals surface area contributed by atoms with Gasteiger partial charge in [0.25, 0.3) is 10.1 Å². The van der Waals surface area contributed by atoms with Crippen LogP contribution >= 0.6 is 0 Å². The fourth-order valence-electron chi connectivity index (χ4n) is 3.79. The third kappa shape index (κ3) is 7.06. The minimum absolute atomic E-state index is 0.0845.